The normalized spacial score (nSPS) is 32.6. The maximum atomic E-state index is 12.4. The molecule has 3 aliphatic rings. The van der Waals surface area contributed by atoms with Crippen LogP contribution < -0.4 is 5.32 Å². The predicted octanol–water partition coefficient (Wildman–Crippen LogP) is 1.67. The van der Waals surface area contributed by atoms with Crippen LogP contribution in [-0.2, 0) is 4.79 Å². The molecule has 2 N–H and O–H groups in total. The number of hydrogen-bond donors (Lipinski definition) is 2. The minimum atomic E-state index is -0.653. The molecule has 1 saturated heterocycles. The molecule has 0 spiro atoms. The summed E-state index contributed by atoms with van der Waals surface area (Å²) in [6.45, 7) is 5.87. The zero-order chi connectivity index (χ0) is 14.4. The Kier molecular flexibility index (Phi) is 3.57. The summed E-state index contributed by atoms with van der Waals surface area (Å²) in [6.07, 6.45) is 7.07. The fourth-order valence-corrected chi connectivity index (χ4v) is 3.49. The smallest absolute Gasteiger partial charge is 0.239 e. The van der Waals surface area contributed by atoms with Gasteiger partial charge in [0.1, 0.15) is 0 Å². The van der Waals surface area contributed by atoms with E-state index in [0.717, 1.165) is 38.6 Å². The first-order chi connectivity index (χ1) is 9.37. The van der Waals surface area contributed by atoms with Gasteiger partial charge in [0.05, 0.1) is 11.6 Å². The van der Waals surface area contributed by atoms with E-state index in [9.17, 15) is 9.90 Å². The molecule has 0 bridgehead atoms. The number of carbonyl (C=O) groups excluding carboxylic acids is 1. The number of nitrogens with zero attached hydrogens (tertiary/aromatic N) is 1. The summed E-state index contributed by atoms with van der Waals surface area (Å²) in [5, 5.41) is 14.2. The first-order valence-corrected chi connectivity index (χ1v) is 8.14. The van der Waals surface area contributed by atoms with E-state index in [1.165, 1.54) is 12.8 Å². The summed E-state index contributed by atoms with van der Waals surface area (Å²) in [5.74, 6) is 0.204. The van der Waals surface area contributed by atoms with Crippen LogP contribution in [0, 0.1) is 5.41 Å². The van der Waals surface area contributed by atoms with Crippen molar-refractivity contribution in [1.82, 2.24) is 10.2 Å². The summed E-state index contributed by atoms with van der Waals surface area (Å²) in [4.78, 5) is 14.3. The second kappa shape index (κ2) is 4.99. The van der Waals surface area contributed by atoms with Crippen molar-refractivity contribution in [1.29, 1.82) is 0 Å². The SMILES string of the molecule is CC1(C)CCC(O)(CN2CCC(NC3CC3)C2=O)CC1. The lowest BCUT2D eigenvalue weighted by Crippen LogP contribution is -2.49. The molecule has 0 aromatic heterocycles. The molecule has 3 rings (SSSR count). The molecule has 1 atom stereocenters. The summed E-state index contributed by atoms with van der Waals surface area (Å²) < 4.78 is 0. The molecule has 1 aliphatic heterocycles. The van der Waals surface area contributed by atoms with Crippen LogP contribution in [0.4, 0.5) is 0 Å². The molecule has 1 unspecified atom stereocenters. The van der Waals surface area contributed by atoms with Gasteiger partial charge in [0.15, 0.2) is 0 Å². The van der Waals surface area contributed by atoms with E-state index in [-0.39, 0.29) is 11.9 Å². The number of aliphatic hydroxyl groups is 1. The lowest BCUT2D eigenvalue weighted by atomic mass is 9.71. The number of nitrogens with one attached hydrogen (secondary N) is 1. The van der Waals surface area contributed by atoms with Crippen LogP contribution in [0.2, 0.25) is 0 Å². The van der Waals surface area contributed by atoms with Crippen LogP contribution in [-0.4, -0.2) is 46.7 Å². The van der Waals surface area contributed by atoms with Gasteiger partial charge >= 0.3 is 0 Å². The fraction of sp³-hybridized carbons (Fsp3) is 0.938. The van der Waals surface area contributed by atoms with Crippen LogP contribution in [0.1, 0.15) is 58.8 Å². The fourth-order valence-electron chi connectivity index (χ4n) is 3.49. The van der Waals surface area contributed by atoms with Crippen LogP contribution in [0.25, 0.3) is 0 Å². The molecule has 4 nitrogen and oxygen atoms in total. The Bertz CT molecular complexity index is 380. The molecule has 2 aliphatic carbocycles. The zero-order valence-corrected chi connectivity index (χ0v) is 12.8. The first-order valence-electron chi connectivity index (χ1n) is 8.14. The van der Waals surface area contributed by atoms with Crippen molar-refractivity contribution in [3.05, 3.63) is 0 Å². The van der Waals surface area contributed by atoms with Crippen molar-refractivity contribution in [2.24, 2.45) is 5.41 Å². The summed E-state index contributed by atoms with van der Waals surface area (Å²) in [6, 6.07) is 0.577. The third-order valence-corrected chi connectivity index (χ3v) is 5.33. The highest BCUT2D eigenvalue weighted by molar-refractivity contribution is 5.84. The van der Waals surface area contributed by atoms with E-state index in [0.29, 0.717) is 18.0 Å². The third-order valence-electron chi connectivity index (χ3n) is 5.33. The molecule has 1 amide bonds. The van der Waals surface area contributed by atoms with Gasteiger partial charge < -0.3 is 15.3 Å². The Balaban J connectivity index is 1.54. The molecule has 20 heavy (non-hydrogen) atoms. The Hall–Kier alpha value is -0.610. The molecule has 114 valence electrons. The number of amides is 1. The lowest BCUT2D eigenvalue weighted by molar-refractivity contribution is -0.134. The Morgan fingerprint density at radius 1 is 1.20 bits per heavy atom. The van der Waals surface area contributed by atoms with Gasteiger partial charge in [0.25, 0.3) is 0 Å². The van der Waals surface area contributed by atoms with Gasteiger partial charge in [-0.15, -0.1) is 0 Å². The average Bonchev–Trinajstić information content (AvgIpc) is 3.14. The number of likely N-dealkylation sites (tertiary alicyclic amines) is 1. The van der Waals surface area contributed by atoms with Gasteiger partial charge in [-0.3, -0.25) is 4.79 Å². The predicted molar refractivity (Wildman–Crippen MR) is 78.3 cm³/mol. The quantitative estimate of drug-likeness (QED) is 0.823. The second-order valence-corrected chi connectivity index (χ2v) is 7.93. The van der Waals surface area contributed by atoms with Crippen molar-refractivity contribution < 1.29 is 9.90 Å². The number of carbonyl (C=O) groups is 1. The topological polar surface area (TPSA) is 52.6 Å². The number of β-amino-alcohol motifs (C(OH)–C–C–N with tert-alkyl or cyclic N) is 1. The van der Waals surface area contributed by atoms with Crippen molar-refractivity contribution in [3.8, 4) is 0 Å². The Labute approximate surface area is 121 Å². The molecular weight excluding hydrogens is 252 g/mol. The number of rotatable bonds is 4. The Morgan fingerprint density at radius 3 is 2.45 bits per heavy atom. The molecule has 3 fully saturated rings. The van der Waals surface area contributed by atoms with Gasteiger partial charge in [-0.2, -0.15) is 0 Å². The molecule has 2 saturated carbocycles. The highest BCUT2D eigenvalue weighted by atomic mass is 16.3. The minimum absolute atomic E-state index is 0.00568. The molecule has 0 aromatic carbocycles. The molecule has 0 aromatic rings. The highest BCUT2D eigenvalue weighted by Crippen LogP contribution is 2.40. The van der Waals surface area contributed by atoms with Crippen molar-refractivity contribution in [2.75, 3.05) is 13.1 Å². The van der Waals surface area contributed by atoms with E-state index in [1.807, 2.05) is 4.90 Å². The molecule has 1 heterocycles. The third kappa shape index (κ3) is 3.17. The molecular formula is C16H28N2O2. The van der Waals surface area contributed by atoms with Crippen LogP contribution in [0.15, 0.2) is 0 Å². The zero-order valence-electron chi connectivity index (χ0n) is 12.8. The highest BCUT2D eigenvalue weighted by Gasteiger charge is 2.42. The minimum Gasteiger partial charge on any atom is -0.388 e. The van der Waals surface area contributed by atoms with Crippen molar-refractivity contribution >= 4 is 5.91 Å². The van der Waals surface area contributed by atoms with Crippen LogP contribution in [0.5, 0.6) is 0 Å². The van der Waals surface area contributed by atoms with E-state index in [2.05, 4.69) is 19.2 Å². The van der Waals surface area contributed by atoms with Crippen LogP contribution >= 0.6 is 0 Å². The monoisotopic (exact) mass is 280 g/mol. The van der Waals surface area contributed by atoms with Crippen molar-refractivity contribution in [2.45, 2.75) is 76.5 Å². The van der Waals surface area contributed by atoms with Gasteiger partial charge in [-0.1, -0.05) is 13.8 Å². The first kappa shape index (κ1) is 14.3. The standard InChI is InChI=1S/C16H28N2O2/c1-15(2)6-8-16(20,9-7-15)11-18-10-5-13(14(18)19)17-12-3-4-12/h12-13,17,20H,3-11H2,1-2H3. The van der Waals surface area contributed by atoms with Crippen molar-refractivity contribution in [3.63, 3.8) is 0 Å². The average molecular weight is 280 g/mol. The summed E-state index contributed by atoms with van der Waals surface area (Å²) in [5.41, 5.74) is -0.309. The maximum Gasteiger partial charge on any atom is 0.239 e. The van der Waals surface area contributed by atoms with Gasteiger partial charge in [-0.25, -0.2) is 0 Å². The number of hydrogen-bond acceptors (Lipinski definition) is 3. The van der Waals surface area contributed by atoms with E-state index in [4.69, 9.17) is 0 Å². The largest absolute Gasteiger partial charge is 0.388 e. The van der Waals surface area contributed by atoms with Crippen LogP contribution in [0.3, 0.4) is 0 Å². The molecule has 4 heteroatoms. The summed E-state index contributed by atoms with van der Waals surface area (Å²) >= 11 is 0. The maximum absolute atomic E-state index is 12.4. The summed E-state index contributed by atoms with van der Waals surface area (Å²) in [7, 11) is 0. The van der Waals surface area contributed by atoms with E-state index < -0.39 is 5.60 Å². The second-order valence-electron chi connectivity index (χ2n) is 7.93. The Morgan fingerprint density at radius 2 is 1.85 bits per heavy atom. The molecule has 0 radical (unpaired) electrons. The van der Waals surface area contributed by atoms with E-state index >= 15 is 0 Å². The van der Waals surface area contributed by atoms with Gasteiger partial charge in [-0.05, 0) is 50.4 Å². The van der Waals surface area contributed by atoms with Gasteiger partial charge in [0.2, 0.25) is 5.91 Å². The van der Waals surface area contributed by atoms with Gasteiger partial charge in [0, 0.05) is 19.1 Å². The lowest BCUT2D eigenvalue weighted by Gasteiger charge is -2.42. The van der Waals surface area contributed by atoms with E-state index in [1.54, 1.807) is 0 Å².